The van der Waals surface area contributed by atoms with Crippen LogP contribution in [0.2, 0.25) is 0 Å². The van der Waals surface area contributed by atoms with Gasteiger partial charge in [-0.1, -0.05) is 6.07 Å². The molecule has 136 valence electrons. The number of nitro groups is 1. The van der Waals surface area contributed by atoms with Gasteiger partial charge >= 0.3 is 5.82 Å². The molecule has 0 amide bonds. The Kier molecular flexibility index (Phi) is 4.62. The van der Waals surface area contributed by atoms with Gasteiger partial charge in [0, 0.05) is 33.2 Å². The molecular formula is C15H16N6O4S. The Bertz CT molecular complexity index is 986. The maximum Gasteiger partial charge on any atom is 0.406 e. The van der Waals surface area contributed by atoms with E-state index in [1.807, 2.05) is 6.07 Å². The van der Waals surface area contributed by atoms with Crippen molar-refractivity contribution in [3.8, 4) is 6.07 Å². The second-order valence-corrected chi connectivity index (χ2v) is 7.73. The van der Waals surface area contributed by atoms with E-state index < -0.39 is 14.9 Å². The molecule has 2 heterocycles. The Morgan fingerprint density at radius 1 is 1.27 bits per heavy atom. The monoisotopic (exact) mass is 376 g/mol. The highest BCUT2D eigenvalue weighted by Crippen LogP contribution is 2.28. The zero-order valence-corrected chi connectivity index (χ0v) is 14.8. The van der Waals surface area contributed by atoms with Gasteiger partial charge in [-0.3, -0.25) is 4.57 Å². The van der Waals surface area contributed by atoms with Crippen molar-refractivity contribution in [2.45, 2.75) is 4.90 Å². The summed E-state index contributed by atoms with van der Waals surface area (Å²) in [4.78, 5) is 16.2. The predicted molar refractivity (Wildman–Crippen MR) is 92.0 cm³/mol. The first-order valence-electron chi connectivity index (χ1n) is 7.75. The van der Waals surface area contributed by atoms with Gasteiger partial charge in [0.2, 0.25) is 22.2 Å². The summed E-state index contributed by atoms with van der Waals surface area (Å²) in [6, 6.07) is 7.79. The molecule has 1 fully saturated rings. The third kappa shape index (κ3) is 3.12. The van der Waals surface area contributed by atoms with E-state index in [4.69, 9.17) is 5.26 Å². The number of nitrogens with zero attached hydrogens (tertiary/aromatic N) is 6. The van der Waals surface area contributed by atoms with Gasteiger partial charge in [0.15, 0.2) is 0 Å². The number of aryl methyl sites for hydroxylation is 1. The van der Waals surface area contributed by atoms with E-state index in [-0.39, 0.29) is 29.4 Å². The fourth-order valence-corrected chi connectivity index (χ4v) is 4.39. The van der Waals surface area contributed by atoms with Crippen molar-refractivity contribution in [1.29, 1.82) is 5.26 Å². The summed E-state index contributed by atoms with van der Waals surface area (Å²) in [6.45, 7) is 0.970. The van der Waals surface area contributed by atoms with E-state index in [0.29, 0.717) is 18.9 Å². The van der Waals surface area contributed by atoms with Gasteiger partial charge in [0.05, 0.1) is 16.5 Å². The molecule has 26 heavy (non-hydrogen) atoms. The van der Waals surface area contributed by atoms with Crippen LogP contribution in [0.3, 0.4) is 0 Å². The summed E-state index contributed by atoms with van der Waals surface area (Å²) >= 11 is 0. The zero-order chi connectivity index (χ0) is 18.9. The molecule has 0 radical (unpaired) electrons. The average molecular weight is 376 g/mol. The molecule has 0 aliphatic carbocycles. The molecular weight excluding hydrogens is 360 g/mol. The lowest BCUT2D eigenvalue weighted by molar-refractivity contribution is -0.388. The smallest absolute Gasteiger partial charge is 0.358 e. The van der Waals surface area contributed by atoms with Crippen molar-refractivity contribution in [1.82, 2.24) is 13.9 Å². The van der Waals surface area contributed by atoms with Crippen LogP contribution in [-0.4, -0.2) is 53.4 Å². The van der Waals surface area contributed by atoms with Crippen LogP contribution in [0.15, 0.2) is 35.5 Å². The Morgan fingerprint density at radius 2 is 1.96 bits per heavy atom. The zero-order valence-electron chi connectivity index (χ0n) is 13.9. The quantitative estimate of drug-likeness (QED) is 0.568. The van der Waals surface area contributed by atoms with Gasteiger partial charge in [-0.2, -0.15) is 9.57 Å². The summed E-state index contributed by atoms with van der Waals surface area (Å²) in [5.74, 6) is 0.115. The molecule has 11 heteroatoms. The maximum absolute atomic E-state index is 12.8. The first kappa shape index (κ1) is 17.8. The first-order chi connectivity index (χ1) is 12.3. The second kappa shape index (κ2) is 6.74. The summed E-state index contributed by atoms with van der Waals surface area (Å²) < 4.78 is 28.4. The van der Waals surface area contributed by atoms with Crippen molar-refractivity contribution in [2.24, 2.45) is 7.05 Å². The molecule has 1 aliphatic rings. The van der Waals surface area contributed by atoms with Gasteiger partial charge in [-0.25, -0.2) is 8.42 Å². The normalized spacial score (nSPS) is 15.6. The SMILES string of the molecule is Cn1cnc([N+](=O)[O-])c1N1CCN(S(=O)(=O)c2cccc(C#N)c2)CC1. The van der Waals surface area contributed by atoms with E-state index >= 15 is 0 Å². The molecule has 1 saturated heterocycles. The Labute approximate surface area is 150 Å². The van der Waals surface area contributed by atoms with Crippen molar-refractivity contribution >= 4 is 21.7 Å². The number of piperazine rings is 1. The number of hydrogen-bond acceptors (Lipinski definition) is 7. The number of hydrogen-bond donors (Lipinski definition) is 0. The molecule has 0 saturated carbocycles. The van der Waals surface area contributed by atoms with Crippen LogP contribution in [0.4, 0.5) is 11.6 Å². The molecule has 10 nitrogen and oxygen atoms in total. The molecule has 3 rings (SSSR count). The second-order valence-electron chi connectivity index (χ2n) is 5.79. The van der Waals surface area contributed by atoms with Crippen LogP contribution in [-0.2, 0) is 17.1 Å². The lowest BCUT2D eigenvalue weighted by Gasteiger charge is -2.34. The van der Waals surface area contributed by atoms with Gasteiger partial charge < -0.3 is 15.0 Å². The molecule has 1 aliphatic heterocycles. The van der Waals surface area contributed by atoms with Crippen LogP contribution in [0, 0.1) is 21.4 Å². The molecule has 0 spiro atoms. The highest BCUT2D eigenvalue weighted by molar-refractivity contribution is 7.89. The topological polar surface area (TPSA) is 125 Å². The lowest BCUT2D eigenvalue weighted by Crippen LogP contribution is -2.49. The van der Waals surface area contributed by atoms with Gasteiger partial charge in [-0.15, -0.1) is 0 Å². The van der Waals surface area contributed by atoms with Crippen molar-refractivity contribution in [2.75, 3.05) is 31.1 Å². The predicted octanol–water partition coefficient (Wildman–Crippen LogP) is 0.711. The van der Waals surface area contributed by atoms with Crippen LogP contribution in [0.1, 0.15) is 5.56 Å². The molecule has 0 atom stereocenters. The number of nitriles is 1. The van der Waals surface area contributed by atoms with E-state index in [1.165, 1.54) is 28.8 Å². The van der Waals surface area contributed by atoms with Crippen LogP contribution in [0.5, 0.6) is 0 Å². The van der Waals surface area contributed by atoms with Crippen molar-refractivity contribution in [3.05, 3.63) is 46.3 Å². The molecule has 0 N–H and O–H groups in total. The van der Waals surface area contributed by atoms with Crippen LogP contribution >= 0.6 is 0 Å². The summed E-state index contributed by atoms with van der Waals surface area (Å²) in [6.07, 6.45) is 1.37. The minimum absolute atomic E-state index is 0.0662. The minimum atomic E-state index is -3.72. The number of rotatable bonds is 4. The highest BCUT2D eigenvalue weighted by atomic mass is 32.2. The third-order valence-electron chi connectivity index (χ3n) is 4.20. The van der Waals surface area contributed by atoms with Gasteiger partial charge in [0.1, 0.15) is 0 Å². The third-order valence-corrected chi connectivity index (χ3v) is 6.09. The highest BCUT2D eigenvalue weighted by Gasteiger charge is 2.33. The number of aromatic nitrogens is 2. The molecule has 2 aromatic rings. The molecule has 1 aromatic heterocycles. The van der Waals surface area contributed by atoms with Crippen molar-refractivity contribution < 1.29 is 13.3 Å². The summed E-state index contributed by atoms with van der Waals surface area (Å²) in [5, 5.41) is 20.1. The molecule has 1 aromatic carbocycles. The van der Waals surface area contributed by atoms with Crippen LogP contribution in [0.25, 0.3) is 0 Å². The van der Waals surface area contributed by atoms with E-state index in [2.05, 4.69) is 4.98 Å². The first-order valence-corrected chi connectivity index (χ1v) is 9.19. The number of imidazole rings is 1. The minimum Gasteiger partial charge on any atom is -0.358 e. The summed E-state index contributed by atoms with van der Waals surface area (Å²) in [5.41, 5.74) is 0.273. The lowest BCUT2D eigenvalue weighted by atomic mass is 10.2. The summed E-state index contributed by atoms with van der Waals surface area (Å²) in [7, 11) is -2.07. The van der Waals surface area contributed by atoms with Crippen molar-refractivity contribution in [3.63, 3.8) is 0 Å². The largest absolute Gasteiger partial charge is 0.406 e. The fourth-order valence-electron chi connectivity index (χ4n) is 2.92. The average Bonchev–Trinajstić information content (AvgIpc) is 3.03. The maximum atomic E-state index is 12.8. The van der Waals surface area contributed by atoms with Gasteiger partial charge in [0.25, 0.3) is 0 Å². The van der Waals surface area contributed by atoms with E-state index in [9.17, 15) is 18.5 Å². The Hall–Kier alpha value is -2.97. The Balaban J connectivity index is 1.79. The van der Waals surface area contributed by atoms with E-state index in [0.717, 1.165) is 0 Å². The molecule has 0 bridgehead atoms. The fraction of sp³-hybridized carbons (Fsp3) is 0.333. The number of sulfonamides is 1. The van der Waals surface area contributed by atoms with Gasteiger partial charge in [-0.05, 0) is 28.1 Å². The van der Waals surface area contributed by atoms with E-state index in [1.54, 1.807) is 22.6 Å². The van der Waals surface area contributed by atoms with Crippen LogP contribution < -0.4 is 4.90 Å². The standard InChI is InChI=1S/C15H16N6O4S/c1-18-11-17-14(21(22)23)15(18)19-5-7-20(8-6-19)26(24,25)13-4-2-3-12(9-13)10-16/h2-4,9,11H,5-8H2,1H3. The molecule has 0 unspecified atom stereocenters. The Morgan fingerprint density at radius 3 is 2.58 bits per heavy atom. The number of benzene rings is 1. The number of anilines is 1.